The normalized spacial score (nSPS) is 15.7. The summed E-state index contributed by atoms with van der Waals surface area (Å²) < 4.78 is 5.21. The number of nitrogens with two attached hydrogens (primary N) is 1. The molecule has 0 heterocycles. The van der Waals surface area contributed by atoms with E-state index in [-0.39, 0.29) is 18.5 Å². The maximum atomic E-state index is 11.8. The van der Waals surface area contributed by atoms with E-state index in [1.165, 1.54) is 12.8 Å². The van der Waals surface area contributed by atoms with Gasteiger partial charge in [-0.1, -0.05) is 12.1 Å². The highest BCUT2D eigenvalue weighted by Crippen LogP contribution is 2.32. The lowest BCUT2D eigenvalue weighted by Gasteiger charge is -2.17. The van der Waals surface area contributed by atoms with Gasteiger partial charge in [-0.15, -0.1) is 0 Å². The quantitative estimate of drug-likeness (QED) is 0.685. The Morgan fingerprint density at radius 2 is 2.21 bits per heavy atom. The molecule has 0 saturated heterocycles. The molecule has 104 valence electrons. The molecule has 4 N–H and O–H groups in total. The van der Waals surface area contributed by atoms with Crippen molar-refractivity contribution in [1.29, 1.82) is 0 Å². The second-order valence-corrected chi connectivity index (χ2v) is 4.80. The van der Waals surface area contributed by atoms with Crippen molar-refractivity contribution in [3.63, 3.8) is 0 Å². The standard InChI is InChI=1S/C14H21N3O2/c1-19-13-5-3-2-4-11(13)16-9-14(18)17-12(8-15)10-6-7-10/h2-5,10,12,16H,6-9,15H2,1H3,(H,17,18). The van der Waals surface area contributed by atoms with E-state index in [2.05, 4.69) is 10.6 Å². The van der Waals surface area contributed by atoms with Crippen LogP contribution in [0, 0.1) is 5.92 Å². The molecule has 1 aromatic rings. The molecule has 5 nitrogen and oxygen atoms in total. The molecule has 0 aromatic heterocycles. The number of ether oxygens (including phenoxy) is 1. The zero-order chi connectivity index (χ0) is 13.7. The van der Waals surface area contributed by atoms with Crippen LogP contribution >= 0.6 is 0 Å². The molecule has 5 heteroatoms. The highest BCUT2D eigenvalue weighted by Gasteiger charge is 2.31. The highest BCUT2D eigenvalue weighted by molar-refractivity contribution is 5.81. The number of carbonyl (C=O) groups excluding carboxylic acids is 1. The summed E-state index contributed by atoms with van der Waals surface area (Å²) in [4.78, 5) is 11.8. The molecule has 0 radical (unpaired) electrons. The van der Waals surface area contributed by atoms with Crippen molar-refractivity contribution in [2.45, 2.75) is 18.9 Å². The second-order valence-electron chi connectivity index (χ2n) is 4.80. The van der Waals surface area contributed by atoms with Gasteiger partial charge in [0.05, 0.1) is 19.3 Å². The van der Waals surface area contributed by atoms with Crippen molar-refractivity contribution < 1.29 is 9.53 Å². The first-order valence-corrected chi connectivity index (χ1v) is 6.61. The molecule has 0 bridgehead atoms. The van der Waals surface area contributed by atoms with Crippen LogP contribution in [0.1, 0.15) is 12.8 Å². The monoisotopic (exact) mass is 263 g/mol. The molecule has 1 saturated carbocycles. The summed E-state index contributed by atoms with van der Waals surface area (Å²) in [5, 5.41) is 6.04. The number of nitrogens with one attached hydrogen (secondary N) is 2. The van der Waals surface area contributed by atoms with Crippen LogP contribution in [0.15, 0.2) is 24.3 Å². The first-order valence-electron chi connectivity index (χ1n) is 6.61. The van der Waals surface area contributed by atoms with Crippen LogP contribution in [0.4, 0.5) is 5.69 Å². The van der Waals surface area contributed by atoms with Crippen LogP contribution in [0.2, 0.25) is 0 Å². The molecule has 1 unspecified atom stereocenters. The van der Waals surface area contributed by atoms with E-state index in [9.17, 15) is 4.79 Å². The van der Waals surface area contributed by atoms with Crippen molar-refractivity contribution in [2.75, 3.05) is 25.5 Å². The van der Waals surface area contributed by atoms with Gasteiger partial charge in [0.25, 0.3) is 0 Å². The van der Waals surface area contributed by atoms with Gasteiger partial charge < -0.3 is 21.1 Å². The molecule has 0 spiro atoms. The molecule has 1 fully saturated rings. The maximum absolute atomic E-state index is 11.8. The number of hydrogen-bond acceptors (Lipinski definition) is 4. The fraction of sp³-hybridized carbons (Fsp3) is 0.500. The minimum atomic E-state index is -0.0340. The van der Waals surface area contributed by atoms with Crippen molar-refractivity contribution in [3.05, 3.63) is 24.3 Å². The number of amides is 1. The summed E-state index contributed by atoms with van der Waals surface area (Å²) in [5.74, 6) is 1.27. The molecular weight excluding hydrogens is 242 g/mol. The molecule has 1 amide bonds. The molecule has 2 rings (SSSR count). The van der Waals surface area contributed by atoms with Gasteiger partial charge in [-0.2, -0.15) is 0 Å². The van der Waals surface area contributed by atoms with E-state index in [1.54, 1.807) is 7.11 Å². The number of carbonyl (C=O) groups is 1. The predicted octanol–water partition coefficient (Wildman–Crippen LogP) is 0.961. The Bertz CT molecular complexity index is 432. The van der Waals surface area contributed by atoms with Crippen molar-refractivity contribution in [3.8, 4) is 5.75 Å². The third kappa shape index (κ3) is 3.86. The van der Waals surface area contributed by atoms with E-state index in [4.69, 9.17) is 10.5 Å². The molecule has 19 heavy (non-hydrogen) atoms. The maximum Gasteiger partial charge on any atom is 0.239 e. The molecule has 1 aliphatic rings. The minimum absolute atomic E-state index is 0.0340. The van der Waals surface area contributed by atoms with Crippen LogP contribution in [0.3, 0.4) is 0 Å². The summed E-state index contributed by atoms with van der Waals surface area (Å²) in [6.07, 6.45) is 2.34. The minimum Gasteiger partial charge on any atom is -0.495 e. The predicted molar refractivity (Wildman–Crippen MR) is 75.2 cm³/mol. The van der Waals surface area contributed by atoms with Crippen LogP contribution in [-0.4, -0.2) is 32.1 Å². The molecule has 1 aliphatic carbocycles. The molecule has 0 aliphatic heterocycles. The van der Waals surface area contributed by atoms with Gasteiger partial charge in [0, 0.05) is 12.6 Å². The van der Waals surface area contributed by atoms with E-state index in [0.717, 1.165) is 11.4 Å². The van der Waals surface area contributed by atoms with Gasteiger partial charge >= 0.3 is 0 Å². The van der Waals surface area contributed by atoms with Crippen molar-refractivity contribution in [1.82, 2.24) is 5.32 Å². The van der Waals surface area contributed by atoms with Crippen LogP contribution in [0.5, 0.6) is 5.75 Å². The molecule has 1 aromatic carbocycles. The second kappa shape index (κ2) is 6.43. The lowest BCUT2D eigenvalue weighted by molar-refractivity contribution is -0.120. The largest absolute Gasteiger partial charge is 0.495 e. The van der Waals surface area contributed by atoms with Crippen LogP contribution < -0.4 is 21.1 Å². The Kier molecular flexibility index (Phi) is 4.63. The fourth-order valence-corrected chi connectivity index (χ4v) is 2.09. The van der Waals surface area contributed by atoms with E-state index >= 15 is 0 Å². The topological polar surface area (TPSA) is 76.4 Å². The number of anilines is 1. The average molecular weight is 263 g/mol. The number of para-hydroxylation sites is 2. The number of benzene rings is 1. The number of methoxy groups -OCH3 is 1. The van der Waals surface area contributed by atoms with E-state index in [0.29, 0.717) is 12.5 Å². The Morgan fingerprint density at radius 3 is 2.84 bits per heavy atom. The molecular formula is C14H21N3O2. The Hall–Kier alpha value is -1.75. The zero-order valence-electron chi connectivity index (χ0n) is 11.2. The Morgan fingerprint density at radius 1 is 1.47 bits per heavy atom. The van der Waals surface area contributed by atoms with Crippen molar-refractivity contribution >= 4 is 11.6 Å². The number of hydrogen-bond donors (Lipinski definition) is 3. The van der Waals surface area contributed by atoms with Gasteiger partial charge in [-0.05, 0) is 30.9 Å². The summed E-state index contributed by atoms with van der Waals surface area (Å²) in [6, 6.07) is 7.64. The van der Waals surface area contributed by atoms with Crippen LogP contribution in [-0.2, 0) is 4.79 Å². The van der Waals surface area contributed by atoms with E-state index < -0.39 is 0 Å². The van der Waals surface area contributed by atoms with Crippen molar-refractivity contribution in [2.24, 2.45) is 11.7 Å². The summed E-state index contributed by atoms with van der Waals surface area (Å²) >= 11 is 0. The number of rotatable bonds is 7. The Balaban J connectivity index is 1.82. The lowest BCUT2D eigenvalue weighted by atomic mass is 10.2. The third-order valence-electron chi connectivity index (χ3n) is 3.34. The van der Waals surface area contributed by atoms with Gasteiger partial charge in [0.2, 0.25) is 5.91 Å². The average Bonchev–Trinajstić information content (AvgIpc) is 3.27. The van der Waals surface area contributed by atoms with Gasteiger partial charge in [0.1, 0.15) is 5.75 Å². The summed E-state index contributed by atoms with van der Waals surface area (Å²) in [7, 11) is 1.61. The zero-order valence-corrected chi connectivity index (χ0v) is 11.2. The third-order valence-corrected chi connectivity index (χ3v) is 3.34. The first-order chi connectivity index (χ1) is 9.24. The van der Waals surface area contributed by atoms with Gasteiger partial charge in [0.15, 0.2) is 0 Å². The van der Waals surface area contributed by atoms with Gasteiger partial charge in [-0.3, -0.25) is 4.79 Å². The van der Waals surface area contributed by atoms with Crippen LogP contribution in [0.25, 0.3) is 0 Å². The lowest BCUT2D eigenvalue weighted by Crippen LogP contribution is -2.44. The fourth-order valence-electron chi connectivity index (χ4n) is 2.09. The highest BCUT2D eigenvalue weighted by atomic mass is 16.5. The SMILES string of the molecule is COc1ccccc1NCC(=O)NC(CN)C1CC1. The summed E-state index contributed by atoms with van der Waals surface area (Å²) in [5.41, 5.74) is 6.48. The molecule has 1 atom stereocenters. The Labute approximate surface area is 113 Å². The smallest absolute Gasteiger partial charge is 0.239 e. The van der Waals surface area contributed by atoms with Gasteiger partial charge in [-0.25, -0.2) is 0 Å². The first kappa shape index (κ1) is 13.7. The summed E-state index contributed by atoms with van der Waals surface area (Å²) in [6.45, 7) is 0.731. The van der Waals surface area contributed by atoms with E-state index in [1.807, 2.05) is 24.3 Å².